The first-order valence-electron chi connectivity index (χ1n) is 40.3. The smallest absolute Gasteiger partial charge is 0.258 e. The highest BCUT2D eigenvalue weighted by atomic mass is 35.5. The Balaban J connectivity index is 0.000000191. The lowest BCUT2D eigenvalue weighted by Gasteiger charge is -2.41. The van der Waals surface area contributed by atoms with Crippen LogP contribution in [0, 0.1) is 43.1 Å². The van der Waals surface area contributed by atoms with Crippen LogP contribution in [0.3, 0.4) is 0 Å². The number of carbonyl (C=O) groups is 6. The standard InChI is InChI=1S/C30H33FN2O2.C22H27FN2O.C22H21FN2O.C16H17ClN2O.C8H7ClO.C2H6/c1-20-10-5-6-15-25(20)29(35)33-17-9-16-26(27(33)21-11-7-13-23(31)18-21)28(34)32-24-14-8-12-22(19-24)30(2,3)4;2*1-22(2,3)16-8-5-10-18(14-16)25-21(26)19-11-6-12-24-20(19)15-7-4-9-17(23)13-15;1-16(2,3)11-6-4-7-12(10-11)19-15(20)13-8-5-9-18-14(13)17;1-6-4-2-3-5-7(6)8(9)10;1-2/h5-8,10-15,18-19,26-27H,9,16-17H2,1-4H3,(H,32,34);4-5,7-10,13-14,19-20,24H,6,11-12H2,1-3H3,(H,25,26);4-14H,1-3H3,(H,25,26);4-10H,1-3H3,(H,19,20);2-5H,1H3;1-2H3/t26?,27-;19?,20-;;;;/m00..../s1. The van der Waals surface area contributed by atoms with Gasteiger partial charge in [-0.05, 0) is 245 Å². The second-order valence-corrected chi connectivity index (χ2v) is 34.0. The SMILES string of the molecule is CC.CC(C)(C)c1cccc(NC(=O)C2CCCN[C@H]2c2cccc(F)c2)c1.CC(C)(C)c1cccc(NC(=O)c2cccnc2-c2cccc(F)c2)c1.CC(C)(C)c1cccc(NC(=O)c2cccnc2Cl)c1.Cc1ccccc1C(=O)Cl.Cc1ccccc1C(=O)N1CCCC(C(=O)Nc2cccc(C(C)(C)C)c2)[C@@H]1c1cccc(F)c1. The number of halogens is 5. The maximum atomic E-state index is 14.3. The number of aromatic nitrogens is 2. The molecule has 11 aromatic rings. The zero-order valence-corrected chi connectivity index (χ0v) is 72.5. The summed E-state index contributed by atoms with van der Waals surface area (Å²) < 4.78 is 41.4. The van der Waals surface area contributed by atoms with Gasteiger partial charge in [-0.25, -0.2) is 18.2 Å². The van der Waals surface area contributed by atoms with Gasteiger partial charge < -0.3 is 31.5 Å². The van der Waals surface area contributed by atoms with Crippen LogP contribution in [0.2, 0.25) is 5.15 Å². The van der Waals surface area contributed by atoms with Crippen LogP contribution in [0.25, 0.3) is 11.3 Å². The second kappa shape index (κ2) is 42.8. The average molecular weight is 1650 g/mol. The van der Waals surface area contributed by atoms with E-state index in [1.165, 1.54) is 42.0 Å². The van der Waals surface area contributed by atoms with Gasteiger partial charge in [0.25, 0.3) is 23.0 Å². The summed E-state index contributed by atoms with van der Waals surface area (Å²) in [5.74, 6) is -2.58. The minimum absolute atomic E-state index is 0.0121. The summed E-state index contributed by atoms with van der Waals surface area (Å²) in [7, 11) is 0. The van der Waals surface area contributed by atoms with Gasteiger partial charge >= 0.3 is 0 Å². The lowest BCUT2D eigenvalue weighted by molar-refractivity contribution is -0.123. The lowest BCUT2D eigenvalue weighted by atomic mass is 9.83. The fourth-order valence-electron chi connectivity index (χ4n) is 13.7. The fraction of sp³-hybridized carbons (Fsp3) is 0.300. The highest BCUT2D eigenvalue weighted by molar-refractivity contribution is 6.67. The molecule has 0 bridgehead atoms. The van der Waals surface area contributed by atoms with Crippen LogP contribution < -0.4 is 26.6 Å². The molecule has 0 saturated carbocycles. The molecule has 19 heteroatoms. The van der Waals surface area contributed by atoms with Gasteiger partial charge in [0.2, 0.25) is 11.8 Å². The predicted octanol–water partition coefficient (Wildman–Crippen LogP) is 24.6. The molecule has 622 valence electrons. The third-order valence-electron chi connectivity index (χ3n) is 20.3. The number of nitrogens with one attached hydrogen (secondary N) is 5. The van der Waals surface area contributed by atoms with Crippen LogP contribution in [-0.2, 0) is 31.2 Å². The molecular formula is C100H111Cl2F3N8O6. The average Bonchev–Trinajstić information content (AvgIpc) is 0.775. The summed E-state index contributed by atoms with van der Waals surface area (Å²) in [5, 5.41) is 15.1. The second-order valence-electron chi connectivity index (χ2n) is 33.3. The molecule has 5 amide bonds. The molecular weight excluding hydrogens is 1540 g/mol. The zero-order chi connectivity index (χ0) is 86.9. The molecule has 0 aliphatic carbocycles. The first-order valence-corrected chi connectivity index (χ1v) is 41.0. The molecule has 0 radical (unpaired) electrons. The maximum Gasteiger partial charge on any atom is 0.258 e. The molecule has 5 N–H and O–H groups in total. The number of piperidine rings is 2. The highest BCUT2D eigenvalue weighted by Gasteiger charge is 2.41. The Morgan fingerprint density at radius 3 is 1.27 bits per heavy atom. The van der Waals surface area contributed by atoms with E-state index in [9.17, 15) is 41.9 Å². The van der Waals surface area contributed by atoms with E-state index in [1.807, 2.05) is 155 Å². The van der Waals surface area contributed by atoms with Crippen LogP contribution in [0.1, 0.15) is 221 Å². The molecule has 2 fully saturated rings. The van der Waals surface area contributed by atoms with E-state index in [0.717, 1.165) is 75.5 Å². The van der Waals surface area contributed by atoms with E-state index in [2.05, 4.69) is 132 Å². The van der Waals surface area contributed by atoms with Crippen molar-refractivity contribution < 1.29 is 41.9 Å². The fourth-order valence-corrected chi connectivity index (χ4v) is 14.1. The maximum absolute atomic E-state index is 14.3. The summed E-state index contributed by atoms with van der Waals surface area (Å²) in [6.07, 6.45) is 6.19. The van der Waals surface area contributed by atoms with Gasteiger partial charge in [-0.3, -0.25) is 33.8 Å². The number of benzene rings is 9. The van der Waals surface area contributed by atoms with Gasteiger partial charge in [-0.1, -0.05) is 230 Å². The molecule has 2 aliphatic heterocycles. The van der Waals surface area contributed by atoms with E-state index in [-0.39, 0.29) is 85.8 Å². The van der Waals surface area contributed by atoms with Crippen LogP contribution in [0.4, 0.5) is 35.9 Å². The molecule has 4 heterocycles. The number of likely N-dealkylation sites (tertiary alicyclic amines) is 1. The molecule has 4 atom stereocenters. The summed E-state index contributed by atoms with van der Waals surface area (Å²) in [4.78, 5) is 85.8. The van der Waals surface area contributed by atoms with E-state index >= 15 is 0 Å². The first kappa shape index (κ1) is 93.1. The van der Waals surface area contributed by atoms with Crippen LogP contribution in [0.15, 0.2) is 255 Å². The number of pyridine rings is 2. The summed E-state index contributed by atoms with van der Waals surface area (Å²) in [5.41, 5.74) is 13.8. The van der Waals surface area contributed by atoms with Crippen molar-refractivity contribution in [2.24, 2.45) is 11.8 Å². The van der Waals surface area contributed by atoms with E-state index in [4.69, 9.17) is 23.2 Å². The third-order valence-corrected chi connectivity index (χ3v) is 20.8. The van der Waals surface area contributed by atoms with Crippen molar-refractivity contribution in [2.45, 2.75) is 170 Å². The third kappa shape index (κ3) is 27.1. The number of anilines is 4. The number of rotatable bonds is 13. The summed E-state index contributed by atoms with van der Waals surface area (Å²) in [6, 6.07) is 71.0. The normalized spacial score (nSPS) is 15.1. The molecule has 0 spiro atoms. The predicted molar refractivity (Wildman–Crippen MR) is 479 cm³/mol. The minimum atomic E-state index is -0.558. The highest BCUT2D eigenvalue weighted by Crippen LogP contribution is 2.40. The van der Waals surface area contributed by atoms with E-state index < -0.39 is 17.2 Å². The lowest BCUT2D eigenvalue weighted by Crippen LogP contribution is -2.46. The number of carbonyl (C=O) groups excluding carboxylic acids is 6. The first-order chi connectivity index (χ1) is 56.4. The van der Waals surface area contributed by atoms with Crippen molar-refractivity contribution in [3.8, 4) is 11.3 Å². The van der Waals surface area contributed by atoms with Gasteiger partial charge in [0.15, 0.2) is 0 Å². The van der Waals surface area contributed by atoms with Crippen molar-refractivity contribution in [2.75, 3.05) is 34.4 Å². The molecule has 119 heavy (non-hydrogen) atoms. The minimum Gasteiger partial charge on any atom is -0.331 e. The number of nitrogens with zero attached hydrogens (tertiary/aromatic N) is 3. The van der Waals surface area contributed by atoms with Crippen molar-refractivity contribution in [1.82, 2.24) is 20.2 Å². The van der Waals surface area contributed by atoms with Gasteiger partial charge in [0.1, 0.15) is 22.6 Å². The number of hydrogen-bond donors (Lipinski definition) is 5. The molecule has 14 nitrogen and oxygen atoms in total. The van der Waals surface area contributed by atoms with Crippen molar-refractivity contribution >= 4 is 80.7 Å². The topological polar surface area (TPSA) is 192 Å². The Morgan fingerprint density at radius 2 is 0.815 bits per heavy atom. The molecule has 2 unspecified atom stereocenters. The molecule has 13 rings (SSSR count). The monoisotopic (exact) mass is 1650 g/mol. The van der Waals surface area contributed by atoms with Gasteiger partial charge in [-0.2, -0.15) is 0 Å². The van der Waals surface area contributed by atoms with Gasteiger partial charge in [0.05, 0.1) is 34.7 Å². The summed E-state index contributed by atoms with van der Waals surface area (Å²) >= 11 is 11.2. The Kier molecular flexibility index (Phi) is 33.5. The Labute approximate surface area is 710 Å². The quantitative estimate of drug-likeness (QED) is 0.0552. The zero-order valence-electron chi connectivity index (χ0n) is 71.0. The van der Waals surface area contributed by atoms with Crippen molar-refractivity contribution in [1.29, 1.82) is 0 Å². The Hall–Kier alpha value is -11.4. The molecule has 2 aliphatic rings. The largest absolute Gasteiger partial charge is 0.331 e. The van der Waals surface area contributed by atoms with Crippen LogP contribution in [-0.4, -0.2) is 62.7 Å². The number of aryl methyl sites for hydroxylation is 2. The Morgan fingerprint density at radius 1 is 0.420 bits per heavy atom. The number of hydrogen-bond acceptors (Lipinski definition) is 9. The number of amides is 5. The van der Waals surface area contributed by atoms with Crippen molar-refractivity contribution in [3.63, 3.8) is 0 Å². The van der Waals surface area contributed by atoms with Gasteiger partial charge in [-0.15, -0.1) is 0 Å². The molecule has 2 aromatic heterocycles. The Bertz CT molecular complexity index is 5300. The molecule has 9 aromatic carbocycles. The van der Waals surface area contributed by atoms with Gasteiger partial charge in [0, 0.05) is 64.4 Å². The van der Waals surface area contributed by atoms with Crippen molar-refractivity contribution in [3.05, 3.63) is 344 Å². The summed E-state index contributed by atoms with van der Waals surface area (Å²) in [6.45, 7) is 34.7. The van der Waals surface area contributed by atoms with E-state index in [0.29, 0.717) is 58.5 Å². The van der Waals surface area contributed by atoms with E-state index in [1.54, 1.807) is 84.0 Å². The molecule has 2 saturated heterocycles. The van der Waals surface area contributed by atoms with Crippen LogP contribution in [0.5, 0.6) is 0 Å². The van der Waals surface area contributed by atoms with Crippen LogP contribution >= 0.6 is 23.2 Å².